The fourth-order valence-corrected chi connectivity index (χ4v) is 4.89. The summed E-state index contributed by atoms with van der Waals surface area (Å²) in [5.74, 6) is -1.41. The zero-order valence-corrected chi connectivity index (χ0v) is 23.3. The molecule has 7 nitrogen and oxygen atoms in total. The van der Waals surface area contributed by atoms with E-state index in [-0.39, 0.29) is 22.6 Å². The predicted octanol–water partition coefficient (Wildman–Crippen LogP) is 5.37. The second-order valence-corrected chi connectivity index (χ2v) is 11.7. The molecule has 2 aromatic rings. The van der Waals surface area contributed by atoms with Crippen molar-refractivity contribution >= 4 is 62.3 Å². The van der Waals surface area contributed by atoms with Crippen LogP contribution in [0.25, 0.3) is 0 Å². The SMILES string of the molecule is CC(C)NC(=O)C(C)N(Cc1ccc(Cl)cc1Cl)C(=O)CN(c1cc(C(F)(F)F)ccc1Cl)S(C)(=O)=O. The Balaban J connectivity index is 2.53. The Labute approximate surface area is 228 Å². The zero-order valence-electron chi connectivity index (χ0n) is 20.2. The maximum Gasteiger partial charge on any atom is 0.416 e. The smallest absolute Gasteiger partial charge is 0.352 e. The molecule has 2 amide bonds. The molecule has 14 heteroatoms. The third-order valence-electron chi connectivity index (χ3n) is 5.18. The lowest BCUT2D eigenvalue weighted by Crippen LogP contribution is -2.52. The molecule has 0 saturated carbocycles. The van der Waals surface area contributed by atoms with E-state index in [9.17, 15) is 31.2 Å². The molecular weight excluding hydrogens is 578 g/mol. The van der Waals surface area contributed by atoms with E-state index >= 15 is 0 Å². The van der Waals surface area contributed by atoms with E-state index in [1.165, 1.54) is 25.1 Å². The monoisotopic (exact) mass is 601 g/mol. The minimum absolute atomic E-state index is 0.197. The van der Waals surface area contributed by atoms with E-state index in [1.54, 1.807) is 13.8 Å². The molecule has 37 heavy (non-hydrogen) atoms. The minimum Gasteiger partial charge on any atom is -0.352 e. The number of benzene rings is 2. The Kier molecular flexibility index (Phi) is 10.1. The summed E-state index contributed by atoms with van der Waals surface area (Å²) < 4.78 is 65.6. The molecule has 0 heterocycles. The Bertz CT molecular complexity index is 1270. The number of amides is 2. The zero-order chi connectivity index (χ0) is 28.3. The van der Waals surface area contributed by atoms with Crippen LogP contribution in [0.4, 0.5) is 18.9 Å². The maximum atomic E-state index is 13.5. The van der Waals surface area contributed by atoms with Gasteiger partial charge in [-0.2, -0.15) is 13.2 Å². The molecule has 0 spiro atoms. The molecular formula is C23H25Cl3F3N3O4S. The van der Waals surface area contributed by atoms with E-state index in [0.29, 0.717) is 27.0 Å². The van der Waals surface area contributed by atoms with Crippen LogP contribution in [0.3, 0.4) is 0 Å². The average Bonchev–Trinajstić information content (AvgIpc) is 2.75. The second-order valence-electron chi connectivity index (χ2n) is 8.53. The standard InChI is InChI=1S/C23H25Cl3F3N3O4S/c1-13(2)30-22(34)14(3)31(11-15-5-7-17(24)10-19(15)26)21(33)12-32(37(4,35)36)20-9-16(23(27,28)29)6-8-18(20)25/h5-10,13-14H,11-12H2,1-4H3,(H,30,34). The summed E-state index contributed by atoms with van der Waals surface area (Å²) in [6.07, 6.45) is -4.06. The molecule has 1 atom stereocenters. The summed E-state index contributed by atoms with van der Waals surface area (Å²) in [5, 5.41) is 2.89. The van der Waals surface area contributed by atoms with Gasteiger partial charge in [-0.15, -0.1) is 0 Å². The van der Waals surface area contributed by atoms with Crippen LogP contribution in [0.1, 0.15) is 31.9 Å². The number of rotatable bonds is 9. The molecule has 0 aliphatic carbocycles. The van der Waals surface area contributed by atoms with Crippen molar-refractivity contribution < 1.29 is 31.2 Å². The fourth-order valence-electron chi connectivity index (χ4n) is 3.30. The second kappa shape index (κ2) is 12.1. The predicted molar refractivity (Wildman–Crippen MR) is 138 cm³/mol. The number of halogens is 6. The summed E-state index contributed by atoms with van der Waals surface area (Å²) in [5.41, 5.74) is -1.27. The highest BCUT2D eigenvalue weighted by molar-refractivity contribution is 7.92. The van der Waals surface area contributed by atoms with Gasteiger partial charge < -0.3 is 10.2 Å². The van der Waals surface area contributed by atoms with Crippen molar-refractivity contribution in [2.45, 2.75) is 45.6 Å². The quantitative estimate of drug-likeness (QED) is 0.418. The van der Waals surface area contributed by atoms with Crippen LogP contribution in [0.5, 0.6) is 0 Å². The molecule has 0 fully saturated rings. The Morgan fingerprint density at radius 1 is 1.00 bits per heavy atom. The number of sulfonamides is 1. The van der Waals surface area contributed by atoms with Crippen LogP contribution in [0.2, 0.25) is 15.1 Å². The van der Waals surface area contributed by atoms with E-state index in [2.05, 4.69) is 5.32 Å². The molecule has 1 unspecified atom stereocenters. The Morgan fingerprint density at radius 3 is 2.14 bits per heavy atom. The molecule has 2 aromatic carbocycles. The van der Waals surface area contributed by atoms with Gasteiger partial charge in [0.1, 0.15) is 12.6 Å². The number of hydrogen-bond donors (Lipinski definition) is 1. The first kappa shape index (κ1) is 31.0. The van der Waals surface area contributed by atoms with Gasteiger partial charge in [-0.3, -0.25) is 13.9 Å². The Morgan fingerprint density at radius 2 is 1.62 bits per heavy atom. The summed E-state index contributed by atoms with van der Waals surface area (Å²) in [4.78, 5) is 27.3. The van der Waals surface area contributed by atoms with Crippen molar-refractivity contribution in [3.63, 3.8) is 0 Å². The minimum atomic E-state index is -4.78. The van der Waals surface area contributed by atoms with Gasteiger partial charge in [0.25, 0.3) is 0 Å². The number of alkyl halides is 3. The fraction of sp³-hybridized carbons (Fsp3) is 0.391. The highest BCUT2D eigenvalue weighted by Crippen LogP contribution is 2.36. The van der Waals surface area contributed by atoms with Gasteiger partial charge in [-0.1, -0.05) is 40.9 Å². The highest BCUT2D eigenvalue weighted by Gasteiger charge is 2.35. The summed E-state index contributed by atoms with van der Waals surface area (Å²) in [7, 11) is -4.29. The number of carbonyl (C=O) groups is 2. The lowest BCUT2D eigenvalue weighted by Gasteiger charge is -2.32. The number of nitrogens with one attached hydrogen (secondary N) is 1. The summed E-state index contributed by atoms with van der Waals surface area (Å²) in [6.45, 7) is 3.73. The van der Waals surface area contributed by atoms with Crippen LogP contribution in [0, 0.1) is 0 Å². The molecule has 0 saturated heterocycles. The number of nitrogens with zero attached hydrogens (tertiary/aromatic N) is 2. The summed E-state index contributed by atoms with van der Waals surface area (Å²) >= 11 is 18.2. The van der Waals surface area contributed by atoms with Gasteiger partial charge in [-0.05, 0) is 56.7 Å². The molecule has 0 bridgehead atoms. The first-order valence-corrected chi connectivity index (χ1v) is 13.8. The molecule has 2 rings (SSSR count). The third kappa shape index (κ3) is 8.39. The molecule has 0 aromatic heterocycles. The van der Waals surface area contributed by atoms with Gasteiger partial charge >= 0.3 is 6.18 Å². The maximum absolute atomic E-state index is 13.5. The van der Waals surface area contributed by atoms with Crippen LogP contribution in [-0.2, 0) is 32.3 Å². The van der Waals surface area contributed by atoms with Crippen molar-refractivity contribution in [3.8, 4) is 0 Å². The normalized spacial score (nSPS) is 12.8. The molecule has 0 radical (unpaired) electrons. The van der Waals surface area contributed by atoms with Gasteiger partial charge in [0.15, 0.2) is 0 Å². The number of carbonyl (C=O) groups excluding carboxylic acids is 2. The van der Waals surface area contributed by atoms with Crippen molar-refractivity contribution in [2.24, 2.45) is 0 Å². The van der Waals surface area contributed by atoms with Crippen molar-refractivity contribution in [3.05, 3.63) is 62.6 Å². The third-order valence-corrected chi connectivity index (χ3v) is 7.21. The Hall–Kier alpha value is -2.21. The molecule has 1 N–H and O–H groups in total. The van der Waals surface area contributed by atoms with Gasteiger partial charge in [0, 0.05) is 22.6 Å². The van der Waals surface area contributed by atoms with Crippen LogP contribution in [-0.4, -0.2) is 50.0 Å². The lowest BCUT2D eigenvalue weighted by atomic mass is 10.1. The molecule has 0 aliphatic heterocycles. The number of hydrogen-bond acceptors (Lipinski definition) is 4. The van der Waals surface area contributed by atoms with Gasteiger partial charge in [0.05, 0.1) is 22.5 Å². The first-order chi connectivity index (χ1) is 16.9. The van der Waals surface area contributed by atoms with Crippen molar-refractivity contribution in [1.82, 2.24) is 10.2 Å². The van der Waals surface area contributed by atoms with Crippen LogP contribution in [0.15, 0.2) is 36.4 Å². The van der Waals surface area contributed by atoms with Gasteiger partial charge in [0.2, 0.25) is 21.8 Å². The average molecular weight is 603 g/mol. The molecule has 0 aliphatic rings. The van der Waals surface area contributed by atoms with Gasteiger partial charge in [-0.25, -0.2) is 8.42 Å². The lowest BCUT2D eigenvalue weighted by molar-refractivity contribution is -0.139. The number of anilines is 1. The molecule has 204 valence electrons. The highest BCUT2D eigenvalue weighted by atomic mass is 35.5. The van der Waals surface area contributed by atoms with Crippen molar-refractivity contribution in [1.29, 1.82) is 0 Å². The summed E-state index contributed by atoms with van der Waals surface area (Å²) in [6, 6.07) is 5.28. The van der Waals surface area contributed by atoms with Crippen LogP contribution >= 0.6 is 34.8 Å². The largest absolute Gasteiger partial charge is 0.416 e. The van der Waals surface area contributed by atoms with Crippen molar-refractivity contribution in [2.75, 3.05) is 17.1 Å². The van der Waals surface area contributed by atoms with E-state index in [1.807, 2.05) is 0 Å². The van der Waals surface area contributed by atoms with Crippen LogP contribution < -0.4 is 9.62 Å². The van der Waals surface area contributed by atoms with E-state index < -0.39 is 51.9 Å². The topological polar surface area (TPSA) is 86.8 Å². The first-order valence-electron chi connectivity index (χ1n) is 10.8. The van der Waals surface area contributed by atoms with E-state index in [4.69, 9.17) is 34.8 Å². The van der Waals surface area contributed by atoms with E-state index in [0.717, 1.165) is 17.2 Å².